The van der Waals surface area contributed by atoms with Crippen molar-refractivity contribution in [3.05, 3.63) is 35.5 Å². The number of nitrogens with one attached hydrogen (secondary N) is 3. The largest absolute Gasteiger partial charge is 0.447 e. The van der Waals surface area contributed by atoms with E-state index in [0.717, 1.165) is 24.9 Å². The SMILES string of the molecule is CNCCc1c[nH]c2ccc(CC3COC(=O)N3)cc12.Cl. The summed E-state index contributed by atoms with van der Waals surface area (Å²) in [4.78, 5) is 14.3. The molecule has 1 atom stereocenters. The van der Waals surface area contributed by atoms with Crippen molar-refractivity contribution in [3.8, 4) is 0 Å². The van der Waals surface area contributed by atoms with E-state index in [0.29, 0.717) is 6.61 Å². The number of cyclic esters (lactones) is 1. The van der Waals surface area contributed by atoms with Crippen LogP contribution < -0.4 is 10.6 Å². The van der Waals surface area contributed by atoms with Crippen LogP contribution >= 0.6 is 12.4 Å². The van der Waals surface area contributed by atoms with E-state index in [4.69, 9.17) is 4.74 Å². The zero-order valence-corrected chi connectivity index (χ0v) is 12.8. The molecule has 1 aromatic heterocycles. The molecule has 0 radical (unpaired) electrons. The first-order chi connectivity index (χ1) is 9.76. The molecule has 2 heterocycles. The molecule has 1 aliphatic rings. The molecule has 6 heteroatoms. The fourth-order valence-corrected chi connectivity index (χ4v) is 2.64. The van der Waals surface area contributed by atoms with Crippen LogP contribution in [0, 0.1) is 0 Å². The molecule has 1 saturated heterocycles. The van der Waals surface area contributed by atoms with E-state index in [2.05, 4.69) is 40.0 Å². The number of rotatable bonds is 5. The fourth-order valence-electron chi connectivity index (χ4n) is 2.64. The first-order valence-electron chi connectivity index (χ1n) is 6.93. The number of alkyl carbamates (subject to hydrolysis) is 1. The molecule has 1 aliphatic heterocycles. The Bertz CT molecular complexity index is 626. The van der Waals surface area contributed by atoms with E-state index in [1.54, 1.807) is 0 Å². The van der Waals surface area contributed by atoms with Gasteiger partial charge in [-0.2, -0.15) is 0 Å². The van der Waals surface area contributed by atoms with Gasteiger partial charge in [-0.1, -0.05) is 6.07 Å². The topological polar surface area (TPSA) is 66.1 Å². The van der Waals surface area contributed by atoms with E-state index in [-0.39, 0.29) is 24.5 Å². The summed E-state index contributed by atoms with van der Waals surface area (Å²) in [5.41, 5.74) is 3.70. The number of carbonyl (C=O) groups excluding carboxylic acids is 1. The average molecular weight is 310 g/mol. The molecule has 5 nitrogen and oxygen atoms in total. The van der Waals surface area contributed by atoms with Gasteiger partial charge in [-0.3, -0.25) is 0 Å². The Morgan fingerprint density at radius 2 is 2.29 bits per heavy atom. The first-order valence-corrected chi connectivity index (χ1v) is 6.93. The Labute approximate surface area is 129 Å². The monoisotopic (exact) mass is 309 g/mol. The van der Waals surface area contributed by atoms with Crippen LogP contribution in [0.5, 0.6) is 0 Å². The maximum absolute atomic E-state index is 11.0. The molecule has 0 saturated carbocycles. The predicted octanol–water partition coefficient (Wildman–Crippen LogP) is 2.00. The van der Waals surface area contributed by atoms with Crippen LogP contribution in [0.4, 0.5) is 4.79 Å². The zero-order valence-electron chi connectivity index (χ0n) is 11.9. The smallest absolute Gasteiger partial charge is 0.407 e. The van der Waals surface area contributed by atoms with Crippen molar-refractivity contribution in [1.29, 1.82) is 0 Å². The lowest BCUT2D eigenvalue weighted by Gasteiger charge is -2.08. The molecule has 1 unspecified atom stereocenters. The van der Waals surface area contributed by atoms with Crippen molar-refractivity contribution in [1.82, 2.24) is 15.6 Å². The summed E-state index contributed by atoms with van der Waals surface area (Å²) in [5.74, 6) is 0. The molecule has 0 spiro atoms. The Morgan fingerprint density at radius 3 is 3.00 bits per heavy atom. The Balaban J connectivity index is 0.00000161. The molecule has 1 aromatic carbocycles. The normalized spacial score (nSPS) is 17.4. The fraction of sp³-hybridized carbons (Fsp3) is 0.400. The second-order valence-electron chi connectivity index (χ2n) is 5.19. The molecule has 2 aromatic rings. The number of benzene rings is 1. The lowest BCUT2D eigenvalue weighted by molar-refractivity contribution is 0.177. The van der Waals surface area contributed by atoms with Crippen molar-refractivity contribution < 1.29 is 9.53 Å². The summed E-state index contributed by atoms with van der Waals surface area (Å²) in [6.45, 7) is 1.42. The minimum absolute atomic E-state index is 0. The van der Waals surface area contributed by atoms with Crippen LogP contribution in [-0.4, -0.2) is 37.3 Å². The highest BCUT2D eigenvalue weighted by Crippen LogP contribution is 2.21. The Hall–Kier alpha value is -1.72. The number of H-pyrrole nitrogens is 1. The van der Waals surface area contributed by atoms with Crippen molar-refractivity contribution in [2.45, 2.75) is 18.9 Å². The van der Waals surface area contributed by atoms with Crippen LogP contribution in [0.25, 0.3) is 10.9 Å². The van der Waals surface area contributed by atoms with E-state index >= 15 is 0 Å². The maximum atomic E-state index is 11.0. The second-order valence-corrected chi connectivity index (χ2v) is 5.19. The minimum Gasteiger partial charge on any atom is -0.447 e. The maximum Gasteiger partial charge on any atom is 0.407 e. The number of amides is 1. The van der Waals surface area contributed by atoms with Crippen molar-refractivity contribution in [2.24, 2.45) is 0 Å². The van der Waals surface area contributed by atoms with Crippen LogP contribution in [0.15, 0.2) is 24.4 Å². The zero-order chi connectivity index (χ0) is 13.9. The van der Waals surface area contributed by atoms with E-state index in [9.17, 15) is 4.79 Å². The van der Waals surface area contributed by atoms with Gasteiger partial charge in [0, 0.05) is 17.1 Å². The molecule has 1 amide bonds. The summed E-state index contributed by atoms with van der Waals surface area (Å²) in [6.07, 6.45) is 3.57. The third-order valence-electron chi connectivity index (χ3n) is 3.70. The summed E-state index contributed by atoms with van der Waals surface area (Å²) >= 11 is 0. The van der Waals surface area contributed by atoms with Gasteiger partial charge >= 0.3 is 6.09 Å². The highest BCUT2D eigenvalue weighted by atomic mass is 35.5. The number of hydrogen-bond acceptors (Lipinski definition) is 3. The van der Waals surface area contributed by atoms with E-state index < -0.39 is 0 Å². The highest BCUT2D eigenvalue weighted by Gasteiger charge is 2.22. The van der Waals surface area contributed by atoms with Gasteiger partial charge in [0.05, 0.1) is 6.04 Å². The van der Waals surface area contributed by atoms with Gasteiger partial charge in [0.25, 0.3) is 0 Å². The summed E-state index contributed by atoms with van der Waals surface area (Å²) in [7, 11) is 1.96. The summed E-state index contributed by atoms with van der Waals surface area (Å²) < 4.78 is 4.92. The standard InChI is InChI=1S/C15H19N3O2.ClH/c1-16-5-4-11-8-17-14-3-2-10(7-13(11)14)6-12-9-20-15(19)18-12;/h2-3,7-8,12,16-17H,4-6,9H2,1H3,(H,18,19);1H. The van der Waals surface area contributed by atoms with Gasteiger partial charge in [0.2, 0.25) is 0 Å². The van der Waals surface area contributed by atoms with Crippen molar-refractivity contribution >= 4 is 29.4 Å². The number of aromatic nitrogens is 1. The third-order valence-corrected chi connectivity index (χ3v) is 3.70. The number of aromatic amines is 1. The molecule has 114 valence electrons. The molecule has 1 fully saturated rings. The van der Waals surface area contributed by atoms with E-state index in [1.807, 2.05) is 7.05 Å². The minimum atomic E-state index is -0.313. The molecular weight excluding hydrogens is 290 g/mol. The molecule has 0 aliphatic carbocycles. The van der Waals surface area contributed by atoms with Crippen LogP contribution in [0.2, 0.25) is 0 Å². The number of fused-ring (bicyclic) bond motifs is 1. The Kier molecular flexibility index (Phi) is 5.09. The number of carbonyl (C=O) groups is 1. The molecular formula is C15H20ClN3O2. The molecule has 21 heavy (non-hydrogen) atoms. The summed E-state index contributed by atoms with van der Waals surface area (Å²) in [6, 6.07) is 6.50. The second kappa shape index (κ2) is 6.83. The van der Waals surface area contributed by atoms with Gasteiger partial charge in [-0.15, -0.1) is 12.4 Å². The number of ether oxygens (including phenoxy) is 1. The van der Waals surface area contributed by atoms with Crippen LogP contribution in [0.3, 0.4) is 0 Å². The highest BCUT2D eigenvalue weighted by molar-refractivity contribution is 5.85. The van der Waals surface area contributed by atoms with Gasteiger partial charge in [-0.25, -0.2) is 4.79 Å². The third kappa shape index (κ3) is 3.49. The van der Waals surface area contributed by atoms with E-state index in [1.165, 1.54) is 16.5 Å². The Morgan fingerprint density at radius 1 is 1.43 bits per heavy atom. The van der Waals surface area contributed by atoms with Crippen LogP contribution in [-0.2, 0) is 17.6 Å². The van der Waals surface area contributed by atoms with Gasteiger partial charge in [0.15, 0.2) is 0 Å². The first kappa shape index (κ1) is 15.7. The number of halogens is 1. The van der Waals surface area contributed by atoms with Gasteiger partial charge < -0.3 is 20.4 Å². The van der Waals surface area contributed by atoms with Crippen molar-refractivity contribution in [3.63, 3.8) is 0 Å². The number of likely N-dealkylation sites (N-methyl/N-ethyl adjacent to an activating group) is 1. The summed E-state index contributed by atoms with van der Waals surface area (Å²) in [5, 5.41) is 7.25. The number of hydrogen-bond donors (Lipinski definition) is 3. The van der Waals surface area contributed by atoms with Crippen LogP contribution in [0.1, 0.15) is 11.1 Å². The predicted molar refractivity (Wildman–Crippen MR) is 85.2 cm³/mol. The molecule has 3 rings (SSSR count). The molecule has 0 bridgehead atoms. The average Bonchev–Trinajstić information content (AvgIpc) is 3.03. The van der Waals surface area contributed by atoms with Gasteiger partial charge in [-0.05, 0) is 49.7 Å². The lowest BCUT2D eigenvalue weighted by atomic mass is 10.0. The van der Waals surface area contributed by atoms with Crippen molar-refractivity contribution in [2.75, 3.05) is 20.2 Å². The van der Waals surface area contributed by atoms with Gasteiger partial charge in [0.1, 0.15) is 6.61 Å². The molecule has 3 N–H and O–H groups in total. The lowest BCUT2D eigenvalue weighted by Crippen LogP contribution is -2.28. The quantitative estimate of drug-likeness (QED) is 0.791.